The number of aryl methyl sites for hydroxylation is 1. The highest BCUT2D eigenvalue weighted by Gasteiger charge is 2.29. The maximum atomic E-state index is 12.3. The summed E-state index contributed by atoms with van der Waals surface area (Å²) in [7, 11) is 1.36. The number of amides is 1. The van der Waals surface area contributed by atoms with Crippen molar-refractivity contribution in [1.29, 1.82) is 0 Å². The van der Waals surface area contributed by atoms with Crippen molar-refractivity contribution >= 4 is 17.6 Å². The van der Waals surface area contributed by atoms with E-state index >= 15 is 0 Å². The van der Waals surface area contributed by atoms with Gasteiger partial charge in [0.05, 0.1) is 18.0 Å². The summed E-state index contributed by atoms with van der Waals surface area (Å²) in [6.07, 6.45) is 1.13. The second-order valence-corrected chi connectivity index (χ2v) is 5.61. The first kappa shape index (κ1) is 16.9. The van der Waals surface area contributed by atoms with Crippen LogP contribution in [-0.2, 0) is 20.9 Å². The third kappa shape index (κ3) is 3.49. The molecule has 1 fully saturated rings. The van der Waals surface area contributed by atoms with Gasteiger partial charge in [0.1, 0.15) is 17.9 Å². The van der Waals surface area contributed by atoms with Crippen LogP contribution in [0.2, 0.25) is 0 Å². The summed E-state index contributed by atoms with van der Waals surface area (Å²) in [5.41, 5.74) is 0.609. The minimum Gasteiger partial charge on any atom is -0.469 e. The summed E-state index contributed by atoms with van der Waals surface area (Å²) in [6.45, 7) is 4.03. The number of nitrogens with zero attached hydrogens (tertiary/aromatic N) is 4. The summed E-state index contributed by atoms with van der Waals surface area (Å²) in [6, 6.07) is 0. The average molecular weight is 324 g/mol. The molecule has 9 nitrogen and oxygen atoms in total. The molecule has 1 saturated heterocycles. The van der Waals surface area contributed by atoms with E-state index < -0.39 is 4.92 Å². The number of esters is 1. The first-order valence-corrected chi connectivity index (χ1v) is 7.39. The highest BCUT2D eigenvalue weighted by Crippen LogP contribution is 2.23. The lowest BCUT2D eigenvalue weighted by molar-refractivity contribution is -0.386. The van der Waals surface area contributed by atoms with Gasteiger partial charge in [-0.15, -0.1) is 0 Å². The summed E-state index contributed by atoms with van der Waals surface area (Å²) < 4.78 is 6.08. The molecule has 0 radical (unpaired) electrons. The van der Waals surface area contributed by atoms with E-state index in [1.807, 2.05) is 0 Å². The van der Waals surface area contributed by atoms with Crippen LogP contribution in [0, 0.1) is 29.9 Å². The van der Waals surface area contributed by atoms with Gasteiger partial charge in [-0.05, 0) is 26.7 Å². The molecule has 0 aliphatic carbocycles. The van der Waals surface area contributed by atoms with Crippen LogP contribution in [-0.4, -0.2) is 51.7 Å². The zero-order valence-corrected chi connectivity index (χ0v) is 13.4. The molecule has 23 heavy (non-hydrogen) atoms. The minimum absolute atomic E-state index is 0.0383. The SMILES string of the molecule is COC(=O)C1CCN(C(=O)Cn2nc(C)c([N+](=O)[O-])c2C)CC1. The van der Waals surface area contributed by atoms with Gasteiger partial charge < -0.3 is 9.64 Å². The molecule has 1 aromatic rings. The summed E-state index contributed by atoms with van der Waals surface area (Å²) in [5, 5.41) is 15.1. The van der Waals surface area contributed by atoms with Crippen molar-refractivity contribution in [2.45, 2.75) is 33.2 Å². The monoisotopic (exact) mass is 324 g/mol. The van der Waals surface area contributed by atoms with E-state index in [2.05, 4.69) is 5.10 Å². The third-order valence-corrected chi connectivity index (χ3v) is 4.19. The van der Waals surface area contributed by atoms with Crippen molar-refractivity contribution in [3.63, 3.8) is 0 Å². The second kappa shape index (κ2) is 6.76. The smallest absolute Gasteiger partial charge is 0.312 e. The number of nitro groups is 1. The van der Waals surface area contributed by atoms with Crippen molar-refractivity contribution < 1.29 is 19.2 Å². The minimum atomic E-state index is -0.486. The Bertz CT molecular complexity index is 631. The highest BCUT2D eigenvalue weighted by molar-refractivity contribution is 5.77. The van der Waals surface area contributed by atoms with Crippen LogP contribution >= 0.6 is 0 Å². The van der Waals surface area contributed by atoms with Crippen LogP contribution in [0.4, 0.5) is 5.69 Å². The fraction of sp³-hybridized carbons (Fsp3) is 0.643. The average Bonchev–Trinajstić information content (AvgIpc) is 2.80. The zero-order chi connectivity index (χ0) is 17.1. The Morgan fingerprint density at radius 2 is 1.96 bits per heavy atom. The summed E-state index contributed by atoms with van der Waals surface area (Å²) in [4.78, 5) is 36.0. The predicted molar refractivity (Wildman–Crippen MR) is 79.7 cm³/mol. The Labute approximate surface area is 133 Å². The van der Waals surface area contributed by atoms with Crippen molar-refractivity contribution in [3.05, 3.63) is 21.5 Å². The maximum absolute atomic E-state index is 12.3. The van der Waals surface area contributed by atoms with E-state index in [9.17, 15) is 19.7 Å². The van der Waals surface area contributed by atoms with E-state index in [-0.39, 0.29) is 30.0 Å². The zero-order valence-electron chi connectivity index (χ0n) is 13.4. The quantitative estimate of drug-likeness (QED) is 0.461. The maximum Gasteiger partial charge on any atom is 0.312 e. The molecule has 2 rings (SSSR count). The van der Waals surface area contributed by atoms with Crippen molar-refractivity contribution in [2.75, 3.05) is 20.2 Å². The molecule has 9 heteroatoms. The van der Waals surface area contributed by atoms with Crippen molar-refractivity contribution in [3.8, 4) is 0 Å². The van der Waals surface area contributed by atoms with Gasteiger partial charge in [-0.3, -0.25) is 24.4 Å². The standard InChI is InChI=1S/C14H20N4O5/c1-9-13(18(21)22)10(2)17(15-9)8-12(19)16-6-4-11(5-7-16)14(20)23-3/h11H,4-8H2,1-3H3. The Kier molecular flexibility index (Phi) is 4.97. The molecule has 126 valence electrons. The molecule has 0 bridgehead atoms. The third-order valence-electron chi connectivity index (χ3n) is 4.19. The van der Waals surface area contributed by atoms with Crippen LogP contribution in [0.15, 0.2) is 0 Å². The number of piperidine rings is 1. The van der Waals surface area contributed by atoms with Gasteiger partial charge in [0.25, 0.3) is 0 Å². The molecule has 0 unspecified atom stereocenters. The number of likely N-dealkylation sites (tertiary alicyclic amines) is 1. The lowest BCUT2D eigenvalue weighted by Gasteiger charge is -2.30. The summed E-state index contributed by atoms with van der Waals surface area (Å²) >= 11 is 0. The molecule has 1 aliphatic heterocycles. The fourth-order valence-electron chi connectivity index (χ4n) is 2.87. The molecule has 0 saturated carbocycles. The molecule has 2 heterocycles. The number of carbonyl (C=O) groups is 2. The molecule has 0 atom stereocenters. The van der Waals surface area contributed by atoms with E-state index in [0.29, 0.717) is 37.3 Å². The van der Waals surface area contributed by atoms with E-state index in [1.165, 1.54) is 11.8 Å². The second-order valence-electron chi connectivity index (χ2n) is 5.61. The Morgan fingerprint density at radius 1 is 1.35 bits per heavy atom. The Morgan fingerprint density at radius 3 is 2.43 bits per heavy atom. The van der Waals surface area contributed by atoms with E-state index in [0.717, 1.165) is 0 Å². The molecule has 1 aromatic heterocycles. The lowest BCUT2D eigenvalue weighted by Crippen LogP contribution is -2.42. The molecule has 0 aromatic carbocycles. The van der Waals surface area contributed by atoms with Gasteiger partial charge in [0.15, 0.2) is 0 Å². The molecule has 1 aliphatic rings. The van der Waals surface area contributed by atoms with Crippen LogP contribution in [0.25, 0.3) is 0 Å². The molecule has 0 spiro atoms. The van der Waals surface area contributed by atoms with Crippen LogP contribution in [0.3, 0.4) is 0 Å². The number of methoxy groups -OCH3 is 1. The molecular formula is C14H20N4O5. The number of carbonyl (C=O) groups excluding carboxylic acids is 2. The Balaban J connectivity index is 2.00. The van der Waals surface area contributed by atoms with Gasteiger partial charge in [-0.2, -0.15) is 5.10 Å². The Hall–Kier alpha value is -2.45. The van der Waals surface area contributed by atoms with Gasteiger partial charge in [-0.1, -0.05) is 0 Å². The van der Waals surface area contributed by atoms with E-state index in [4.69, 9.17) is 4.74 Å². The molecular weight excluding hydrogens is 304 g/mol. The van der Waals surface area contributed by atoms with Gasteiger partial charge in [-0.25, -0.2) is 0 Å². The van der Waals surface area contributed by atoms with Gasteiger partial charge in [0.2, 0.25) is 5.91 Å². The van der Waals surface area contributed by atoms with Crippen LogP contribution in [0.1, 0.15) is 24.2 Å². The summed E-state index contributed by atoms with van der Waals surface area (Å²) in [5.74, 6) is -0.570. The fourth-order valence-corrected chi connectivity index (χ4v) is 2.87. The van der Waals surface area contributed by atoms with Crippen LogP contribution < -0.4 is 0 Å². The molecule has 1 amide bonds. The topological polar surface area (TPSA) is 108 Å². The van der Waals surface area contributed by atoms with Gasteiger partial charge >= 0.3 is 11.7 Å². The van der Waals surface area contributed by atoms with Crippen molar-refractivity contribution in [2.24, 2.45) is 5.92 Å². The molecule has 0 N–H and O–H groups in total. The number of hydrogen-bond donors (Lipinski definition) is 0. The first-order valence-electron chi connectivity index (χ1n) is 7.39. The number of aromatic nitrogens is 2. The first-order chi connectivity index (χ1) is 10.8. The van der Waals surface area contributed by atoms with Crippen LogP contribution in [0.5, 0.6) is 0 Å². The number of ether oxygens (including phenoxy) is 1. The van der Waals surface area contributed by atoms with Gasteiger partial charge in [0, 0.05) is 13.1 Å². The van der Waals surface area contributed by atoms with Crippen molar-refractivity contribution in [1.82, 2.24) is 14.7 Å². The van der Waals surface area contributed by atoms with E-state index in [1.54, 1.807) is 18.7 Å². The number of hydrogen-bond acceptors (Lipinski definition) is 6. The number of rotatable bonds is 4. The predicted octanol–water partition coefficient (Wildman–Crippen LogP) is 0.820. The lowest BCUT2D eigenvalue weighted by atomic mass is 9.97. The normalized spacial score (nSPS) is 15.5. The largest absolute Gasteiger partial charge is 0.469 e. The highest BCUT2D eigenvalue weighted by atomic mass is 16.6.